The van der Waals surface area contributed by atoms with Crippen molar-refractivity contribution in [2.45, 2.75) is 46.2 Å². The van der Waals surface area contributed by atoms with E-state index in [9.17, 15) is 0 Å². The summed E-state index contributed by atoms with van der Waals surface area (Å²) in [5, 5.41) is 20.6. The van der Waals surface area contributed by atoms with Gasteiger partial charge in [0, 0.05) is 18.2 Å². The molecule has 1 aromatic rings. The third kappa shape index (κ3) is 3.14. The summed E-state index contributed by atoms with van der Waals surface area (Å²) in [5.74, 6) is 0.697. The Morgan fingerprint density at radius 3 is 2.41 bits per heavy atom. The fraction of sp³-hybridized carbons (Fsp3) is 0.667. The number of nitrogens with zero attached hydrogens (tertiary/aromatic N) is 2. The minimum atomic E-state index is -0.0493. The first-order chi connectivity index (χ1) is 8.17. The lowest BCUT2D eigenvalue weighted by molar-refractivity contribution is 0.281. The number of aryl methyl sites for hydroxylation is 1. The number of anilines is 1. The van der Waals surface area contributed by atoms with Crippen LogP contribution in [-0.4, -0.2) is 28.0 Å². The molecule has 5 heteroatoms. The summed E-state index contributed by atoms with van der Waals surface area (Å²) in [6.07, 6.45) is 1.76. The van der Waals surface area contributed by atoms with Gasteiger partial charge >= 0.3 is 0 Å². The van der Waals surface area contributed by atoms with Crippen LogP contribution in [0.2, 0.25) is 0 Å². The van der Waals surface area contributed by atoms with Crippen LogP contribution in [0.3, 0.4) is 0 Å². The molecule has 1 unspecified atom stereocenters. The van der Waals surface area contributed by atoms with Crippen molar-refractivity contribution in [3.05, 3.63) is 16.8 Å². The molecular weight excluding hydrogens is 216 g/mol. The number of hydrogen-bond acceptors (Lipinski definition) is 5. The molecule has 0 saturated carbocycles. The molecule has 0 fully saturated rings. The van der Waals surface area contributed by atoms with E-state index in [4.69, 9.17) is 10.8 Å². The molecule has 0 aliphatic carbocycles. The number of nitrogens with two attached hydrogens (primary N) is 1. The second kappa shape index (κ2) is 6.51. The van der Waals surface area contributed by atoms with Gasteiger partial charge in [0.15, 0.2) is 5.82 Å². The molecule has 0 aliphatic heterocycles. The number of aliphatic hydroxyl groups is 1. The van der Waals surface area contributed by atoms with Crippen LogP contribution in [0.4, 0.5) is 5.82 Å². The zero-order valence-corrected chi connectivity index (χ0v) is 10.8. The van der Waals surface area contributed by atoms with Crippen molar-refractivity contribution in [2.75, 3.05) is 11.9 Å². The maximum atomic E-state index is 9.05. The lowest BCUT2D eigenvalue weighted by Gasteiger charge is -2.17. The Morgan fingerprint density at radius 1 is 1.24 bits per heavy atom. The van der Waals surface area contributed by atoms with Crippen molar-refractivity contribution in [1.82, 2.24) is 10.2 Å². The third-order valence-electron chi connectivity index (χ3n) is 2.82. The molecule has 4 N–H and O–H groups in total. The molecule has 0 radical (unpaired) electrons. The predicted molar refractivity (Wildman–Crippen MR) is 68.8 cm³/mol. The molecule has 0 spiro atoms. The molecule has 1 aromatic heterocycles. The van der Waals surface area contributed by atoms with Crippen molar-refractivity contribution >= 4 is 5.82 Å². The van der Waals surface area contributed by atoms with Crippen LogP contribution in [-0.2, 0) is 19.4 Å². The van der Waals surface area contributed by atoms with Crippen LogP contribution in [0, 0.1) is 0 Å². The fourth-order valence-electron chi connectivity index (χ4n) is 1.86. The summed E-state index contributed by atoms with van der Waals surface area (Å²) in [4.78, 5) is 0. The van der Waals surface area contributed by atoms with Gasteiger partial charge in [0.2, 0.25) is 0 Å². The van der Waals surface area contributed by atoms with Gasteiger partial charge in [0.05, 0.1) is 12.3 Å². The van der Waals surface area contributed by atoms with Gasteiger partial charge in [-0.2, -0.15) is 5.10 Å². The fourth-order valence-corrected chi connectivity index (χ4v) is 1.86. The van der Waals surface area contributed by atoms with Crippen molar-refractivity contribution in [3.8, 4) is 0 Å². The van der Waals surface area contributed by atoms with E-state index in [1.807, 2.05) is 6.92 Å². The van der Waals surface area contributed by atoms with E-state index in [0.717, 1.165) is 24.1 Å². The average Bonchev–Trinajstić information content (AvgIpc) is 2.37. The highest BCUT2D eigenvalue weighted by molar-refractivity contribution is 5.49. The van der Waals surface area contributed by atoms with Crippen molar-refractivity contribution in [3.63, 3.8) is 0 Å². The molecule has 0 amide bonds. The first-order valence-electron chi connectivity index (χ1n) is 6.12. The van der Waals surface area contributed by atoms with E-state index in [1.54, 1.807) is 0 Å². The minimum Gasteiger partial charge on any atom is -0.394 e. The predicted octanol–water partition coefficient (Wildman–Crippen LogP) is 0.853. The lowest BCUT2D eigenvalue weighted by atomic mass is 10.0. The molecule has 1 atom stereocenters. The van der Waals surface area contributed by atoms with Crippen molar-refractivity contribution in [1.29, 1.82) is 0 Å². The Bertz CT molecular complexity index is 368. The summed E-state index contributed by atoms with van der Waals surface area (Å²) in [7, 11) is 0. The average molecular weight is 238 g/mol. The van der Waals surface area contributed by atoms with Gasteiger partial charge in [-0.25, -0.2) is 0 Å². The number of hydrogen-bond donors (Lipinski definition) is 3. The first kappa shape index (κ1) is 13.9. The normalized spacial score (nSPS) is 12.5. The number of nitrogens with one attached hydrogen (secondary N) is 1. The maximum Gasteiger partial charge on any atom is 0.153 e. The van der Waals surface area contributed by atoms with E-state index in [0.29, 0.717) is 12.4 Å². The minimum absolute atomic E-state index is 0.0493. The number of aliphatic hydroxyl groups excluding tert-OH is 1. The largest absolute Gasteiger partial charge is 0.394 e. The number of rotatable bonds is 6. The van der Waals surface area contributed by atoms with Gasteiger partial charge in [-0.1, -0.05) is 13.8 Å². The van der Waals surface area contributed by atoms with Gasteiger partial charge in [-0.05, 0) is 25.3 Å². The molecule has 1 heterocycles. The van der Waals surface area contributed by atoms with Crippen LogP contribution >= 0.6 is 0 Å². The van der Waals surface area contributed by atoms with Crippen LogP contribution in [0.1, 0.15) is 37.6 Å². The molecule has 0 aromatic carbocycles. The van der Waals surface area contributed by atoms with Crippen LogP contribution in [0.5, 0.6) is 0 Å². The quantitative estimate of drug-likeness (QED) is 0.684. The Balaban J connectivity index is 3.14. The van der Waals surface area contributed by atoms with Crippen molar-refractivity contribution in [2.24, 2.45) is 5.73 Å². The van der Waals surface area contributed by atoms with Gasteiger partial charge < -0.3 is 16.2 Å². The van der Waals surface area contributed by atoms with E-state index in [-0.39, 0.29) is 12.6 Å². The van der Waals surface area contributed by atoms with E-state index < -0.39 is 0 Å². The zero-order valence-electron chi connectivity index (χ0n) is 10.8. The van der Waals surface area contributed by atoms with E-state index in [1.165, 1.54) is 5.56 Å². The summed E-state index contributed by atoms with van der Waals surface area (Å²) < 4.78 is 0. The Kier molecular flexibility index (Phi) is 5.31. The SMILES string of the molecule is CCc1nnc(NC(C)CO)c(CN)c1CC. The molecule has 0 aliphatic rings. The second-order valence-electron chi connectivity index (χ2n) is 4.09. The smallest absolute Gasteiger partial charge is 0.153 e. The van der Waals surface area contributed by atoms with Crippen LogP contribution in [0.25, 0.3) is 0 Å². The highest BCUT2D eigenvalue weighted by Gasteiger charge is 2.14. The van der Waals surface area contributed by atoms with E-state index >= 15 is 0 Å². The summed E-state index contributed by atoms with van der Waals surface area (Å²) in [6.45, 7) is 6.54. The topological polar surface area (TPSA) is 84.1 Å². The molecule has 0 bridgehead atoms. The molecule has 0 saturated heterocycles. The third-order valence-corrected chi connectivity index (χ3v) is 2.82. The summed E-state index contributed by atoms with van der Waals surface area (Å²) in [6, 6.07) is -0.0493. The summed E-state index contributed by atoms with van der Waals surface area (Å²) >= 11 is 0. The molecular formula is C12H22N4O. The zero-order chi connectivity index (χ0) is 12.8. The molecule has 5 nitrogen and oxygen atoms in total. The highest BCUT2D eigenvalue weighted by atomic mass is 16.3. The number of aromatic nitrogens is 2. The van der Waals surface area contributed by atoms with Gasteiger partial charge in [-0.15, -0.1) is 5.10 Å². The standard InChI is InChI=1S/C12H22N4O/c1-4-9-10(6-13)12(14-8(3)7-17)16-15-11(9)5-2/h8,17H,4-7,13H2,1-3H3,(H,14,16). The van der Waals surface area contributed by atoms with Crippen molar-refractivity contribution < 1.29 is 5.11 Å². The van der Waals surface area contributed by atoms with Crippen LogP contribution < -0.4 is 11.1 Å². The van der Waals surface area contributed by atoms with E-state index in [2.05, 4.69) is 29.4 Å². The maximum absolute atomic E-state index is 9.05. The van der Waals surface area contributed by atoms with Gasteiger partial charge in [-0.3, -0.25) is 0 Å². The second-order valence-corrected chi connectivity index (χ2v) is 4.09. The summed E-state index contributed by atoms with van der Waals surface area (Å²) in [5.41, 5.74) is 9.00. The van der Waals surface area contributed by atoms with Crippen LogP contribution in [0.15, 0.2) is 0 Å². The monoisotopic (exact) mass is 238 g/mol. The van der Waals surface area contributed by atoms with Gasteiger partial charge in [0.1, 0.15) is 0 Å². The Labute approximate surface area is 102 Å². The highest BCUT2D eigenvalue weighted by Crippen LogP contribution is 2.20. The lowest BCUT2D eigenvalue weighted by Crippen LogP contribution is -2.23. The Morgan fingerprint density at radius 2 is 1.94 bits per heavy atom. The molecule has 17 heavy (non-hydrogen) atoms. The first-order valence-corrected chi connectivity index (χ1v) is 6.12. The van der Waals surface area contributed by atoms with Gasteiger partial charge in [0.25, 0.3) is 0 Å². The molecule has 1 rings (SSSR count). The Hall–Kier alpha value is -1.20. The molecule has 96 valence electrons.